The van der Waals surface area contributed by atoms with Crippen LogP contribution in [-0.4, -0.2) is 11.2 Å². The Bertz CT molecular complexity index is 484. The van der Waals surface area contributed by atoms with E-state index in [2.05, 4.69) is 27.7 Å². The number of hydrogen-bond acceptors (Lipinski definition) is 1. The molecule has 0 bridgehead atoms. The van der Waals surface area contributed by atoms with E-state index in [1.54, 1.807) is 0 Å². The van der Waals surface area contributed by atoms with E-state index in [0.717, 1.165) is 41.9 Å². The molecule has 0 spiro atoms. The zero-order valence-corrected chi connectivity index (χ0v) is 17.3. The molecule has 25 heavy (non-hydrogen) atoms. The van der Waals surface area contributed by atoms with E-state index in [4.69, 9.17) is 0 Å². The average Bonchev–Trinajstić information content (AvgIpc) is 2.91. The molecule has 4 fully saturated rings. The van der Waals surface area contributed by atoms with Crippen LogP contribution in [0.5, 0.6) is 0 Å². The van der Waals surface area contributed by atoms with Crippen molar-refractivity contribution in [3.63, 3.8) is 0 Å². The average molecular weight is 347 g/mol. The highest BCUT2D eigenvalue weighted by molar-refractivity contribution is 5.11. The van der Waals surface area contributed by atoms with Gasteiger partial charge in [0.1, 0.15) is 0 Å². The predicted octanol–water partition coefficient (Wildman–Crippen LogP) is 6.44. The Morgan fingerprint density at radius 1 is 0.960 bits per heavy atom. The van der Waals surface area contributed by atoms with Gasteiger partial charge in [0.2, 0.25) is 0 Å². The highest BCUT2D eigenvalue weighted by Crippen LogP contribution is 2.67. The first-order chi connectivity index (χ1) is 11.9. The molecule has 0 aromatic carbocycles. The van der Waals surface area contributed by atoms with Gasteiger partial charge in [-0.2, -0.15) is 0 Å². The minimum absolute atomic E-state index is 0.0455. The summed E-state index contributed by atoms with van der Waals surface area (Å²) in [4.78, 5) is 0. The third-order valence-corrected chi connectivity index (χ3v) is 9.97. The topological polar surface area (TPSA) is 20.2 Å². The van der Waals surface area contributed by atoms with Crippen LogP contribution in [-0.2, 0) is 0 Å². The fourth-order valence-corrected chi connectivity index (χ4v) is 8.39. The molecule has 1 N–H and O–H groups in total. The third-order valence-electron chi connectivity index (χ3n) is 9.97. The highest BCUT2D eigenvalue weighted by atomic mass is 16.3. The van der Waals surface area contributed by atoms with E-state index in [1.165, 1.54) is 64.2 Å². The Kier molecular flexibility index (Phi) is 4.79. The van der Waals surface area contributed by atoms with Crippen LogP contribution in [0.3, 0.4) is 0 Å². The van der Waals surface area contributed by atoms with Crippen molar-refractivity contribution in [2.75, 3.05) is 0 Å². The summed E-state index contributed by atoms with van der Waals surface area (Å²) < 4.78 is 0. The lowest BCUT2D eigenvalue weighted by atomic mass is 9.44. The second-order valence-corrected chi connectivity index (χ2v) is 11.3. The first kappa shape index (κ1) is 18.3. The molecule has 1 heteroatoms. The van der Waals surface area contributed by atoms with Crippen molar-refractivity contribution in [1.29, 1.82) is 0 Å². The number of aliphatic hydroxyl groups is 1. The van der Waals surface area contributed by atoms with Crippen LogP contribution in [0.2, 0.25) is 0 Å². The summed E-state index contributed by atoms with van der Waals surface area (Å²) in [5.41, 5.74) is 0.757. The second kappa shape index (κ2) is 6.54. The van der Waals surface area contributed by atoms with Crippen LogP contribution in [0.1, 0.15) is 98.3 Å². The van der Waals surface area contributed by atoms with Gasteiger partial charge in [0.25, 0.3) is 0 Å². The molecule has 8 atom stereocenters. The lowest BCUT2D eigenvalue weighted by molar-refractivity contribution is -0.164. The van der Waals surface area contributed by atoms with Gasteiger partial charge >= 0.3 is 0 Å². The summed E-state index contributed by atoms with van der Waals surface area (Å²) in [6, 6.07) is 0. The quantitative estimate of drug-likeness (QED) is 0.623. The van der Waals surface area contributed by atoms with E-state index in [0.29, 0.717) is 5.41 Å². The van der Waals surface area contributed by atoms with Crippen LogP contribution < -0.4 is 0 Å². The maximum Gasteiger partial charge on any atom is 0.0602 e. The smallest absolute Gasteiger partial charge is 0.0602 e. The molecule has 0 saturated heterocycles. The first-order valence-corrected chi connectivity index (χ1v) is 11.6. The summed E-state index contributed by atoms with van der Waals surface area (Å²) >= 11 is 0. The summed E-state index contributed by atoms with van der Waals surface area (Å²) in [5, 5.41) is 11.4. The fraction of sp³-hybridized carbons (Fsp3) is 1.00. The van der Waals surface area contributed by atoms with Crippen LogP contribution in [0.25, 0.3) is 0 Å². The molecule has 4 aliphatic rings. The summed E-state index contributed by atoms with van der Waals surface area (Å²) in [7, 11) is 0. The fourth-order valence-electron chi connectivity index (χ4n) is 8.39. The Morgan fingerprint density at radius 2 is 1.76 bits per heavy atom. The monoisotopic (exact) mass is 346 g/mol. The Labute approximate surface area is 156 Å². The zero-order valence-electron chi connectivity index (χ0n) is 17.3. The van der Waals surface area contributed by atoms with Gasteiger partial charge in [-0.25, -0.2) is 0 Å². The van der Waals surface area contributed by atoms with Gasteiger partial charge in [0.05, 0.1) is 6.10 Å². The van der Waals surface area contributed by atoms with Crippen molar-refractivity contribution in [3.05, 3.63) is 0 Å². The molecular formula is C24H42O. The molecular weight excluding hydrogens is 304 g/mol. The van der Waals surface area contributed by atoms with Crippen LogP contribution in [0, 0.1) is 46.3 Å². The lowest BCUT2D eigenvalue weighted by Gasteiger charge is -2.62. The molecule has 0 aliphatic heterocycles. The molecule has 0 amide bonds. The number of hydrogen-bond donors (Lipinski definition) is 1. The Hall–Kier alpha value is -0.0400. The summed E-state index contributed by atoms with van der Waals surface area (Å²) in [6.07, 6.45) is 15.3. The third kappa shape index (κ3) is 2.74. The van der Waals surface area contributed by atoms with E-state index < -0.39 is 0 Å². The van der Waals surface area contributed by atoms with Crippen molar-refractivity contribution in [3.8, 4) is 0 Å². The normalized spacial score (nSPS) is 52.6. The predicted molar refractivity (Wildman–Crippen MR) is 105 cm³/mol. The number of fused-ring (bicyclic) bond motifs is 5. The Morgan fingerprint density at radius 3 is 2.52 bits per heavy atom. The molecule has 0 heterocycles. The van der Waals surface area contributed by atoms with E-state index in [-0.39, 0.29) is 11.5 Å². The molecule has 4 saturated carbocycles. The van der Waals surface area contributed by atoms with E-state index in [9.17, 15) is 5.11 Å². The van der Waals surface area contributed by atoms with Crippen molar-refractivity contribution >= 4 is 0 Å². The SMILES string of the molecule is CC(C)CC[C@H]1CCC2C3CC[C@@H]4CCCC[C@]4(C)C3C[C@H](O)[C@@]21C. The molecule has 144 valence electrons. The van der Waals surface area contributed by atoms with Crippen LogP contribution in [0.4, 0.5) is 0 Å². The summed E-state index contributed by atoms with van der Waals surface area (Å²) in [6.45, 7) is 9.82. The van der Waals surface area contributed by atoms with Crippen molar-refractivity contribution in [1.82, 2.24) is 0 Å². The summed E-state index contributed by atoms with van der Waals surface area (Å²) in [5.74, 6) is 5.05. The molecule has 0 aromatic rings. The van der Waals surface area contributed by atoms with Gasteiger partial charge in [-0.05, 0) is 97.7 Å². The largest absolute Gasteiger partial charge is 0.393 e. The first-order valence-electron chi connectivity index (χ1n) is 11.6. The van der Waals surface area contributed by atoms with Gasteiger partial charge in [-0.1, -0.05) is 47.0 Å². The van der Waals surface area contributed by atoms with Crippen LogP contribution >= 0.6 is 0 Å². The van der Waals surface area contributed by atoms with Crippen molar-refractivity contribution < 1.29 is 5.11 Å². The van der Waals surface area contributed by atoms with Crippen molar-refractivity contribution in [2.45, 2.75) is 104 Å². The van der Waals surface area contributed by atoms with Gasteiger partial charge in [-0.15, -0.1) is 0 Å². The van der Waals surface area contributed by atoms with Crippen molar-refractivity contribution in [2.24, 2.45) is 46.3 Å². The molecule has 1 nitrogen and oxygen atoms in total. The zero-order chi connectivity index (χ0) is 17.8. The maximum absolute atomic E-state index is 11.4. The maximum atomic E-state index is 11.4. The number of rotatable bonds is 3. The lowest BCUT2D eigenvalue weighted by Crippen LogP contribution is -2.57. The molecule has 0 aromatic heterocycles. The molecule has 4 aliphatic carbocycles. The van der Waals surface area contributed by atoms with Gasteiger partial charge in [0.15, 0.2) is 0 Å². The Balaban J connectivity index is 1.58. The minimum atomic E-state index is -0.0455. The minimum Gasteiger partial charge on any atom is -0.393 e. The van der Waals surface area contributed by atoms with Gasteiger partial charge < -0.3 is 5.11 Å². The number of aliphatic hydroxyl groups excluding tert-OH is 1. The van der Waals surface area contributed by atoms with Crippen LogP contribution in [0.15, 0.2) is 0 Å². The molecule has 4 rings (SSSR count). The molecule has 3 unspecified atom stereocenters. The van der Waals surface area contributed by atoms with E-state index in [1.807, 2.05) is 0 Å². The highest BCUT2D eigenvalue weighted by Gasteiger charge is 2.62. The van der Waals surface area contributed by atoms with E-state index >= 15 is 0 Å². The standard InChI is InChI=1S/C24H42O/c1-16(2)8-9-18-11-13-20-19-12-10-17-7-5-6-14-23(17,3)21(19)15-22(25)24(18,20)4/h16-22,25H,5-15H2,1-4H3/t17-,18-,19?,20?,21?,22-,23-,24+/m0/s1. The van der Waals surface area contributed by atoms with Gasteiger partial charge in [-0.3, -0.25) is 0 Å². The van der Waals surface area contributed by atoms with Gasteiger partial charge in [0, 0.05) is 0 Å². The second-order valence-electron chi connectivity index (χ2n) is 11.3. The molecule has 0 radical (unpaired) electrons.